The fourth-order valence-corrected chi connectivity index (χ4v) is 3.64. The van der Waals surface area contributed by atoms with Crippen LogP contribution in [0, 0.1) is 11.3 Å². The van der Waals surface area contributed by atoms with E-state index in [0.29, 0.717) is 0 Å². The Kier molecular flexibility index (Phi) is 5.72. The van der Waals surface area contributed by atoms with Crippen LogP contribution >= 0.6 is 11.6 Å². The fraction of sp³-hybridized carbons (Fsp3) is 0.385. The lowest BCUT2D eigenvalue weighted by Gasteiger charge is -2.25. The summed E-state index contributed by atoms with van der Waals surface area (Å²) in [6.07, 6.45) is 0.0524. The van der Waals surface area contributed by atoms with Gasteiger partial charge in [-0.1, -0.05) is 11.6 Å². The zero-order valence-corrected chi connectivity index (χ0v) is 13.1. The number of hydrogen-bond acceptors (Lipinski definition) is 4. The molecule has 0 aromatic heterocycles. The Labute approximate surface area is 128 Å². The topological polar surface area (TPSA) is 98.5 Å². The molecule has 1 aromatic rings. The van der Waals surface area contributed by atoms with Crippen molar-refractivity contribution >= 4 is 27.6 Å². The van der Waals surface area contributed by atoms with Gasteiger partial charge in [0.1, 0.15) is 0 Å². The van der Waals surface area contributed by atoms with Crippen LogP contribution in [0.2, 0.25) is 5.02 Å². The molecule has 1 rings (SSSR count). The van der Waals surface area contributed by atoms with Crippen LogP contribution in [-0.2, 0) is 10.0 Å². The summed E-state index contributed by atoms with van der Waals surface area (Å²) < 4.78 is 26.3. The van der Waals surface area contributed by atoms with Crippen molar-refractivity contribution < 1.29 is 18.3 Å². The number of nitriles is 1. The molecule has 6 nitrogen and oxygen atoms in total. The van der Waals surface area contributed by atoms with Crippen LogP contribution in [0.5, 0.6) is 0 Å². The number of carbonyl (C=O) groups is 1. The van der Waals surface area contributed by atoms with E-state index in [1.54, 1.807) is 13.8 Å². The molecule has 0 saturated heterocycles. The molecule has 114 valence electrons. The van der Waals surface area contributed by atoms with Gasteiger partial charge in [-0.15, -0.1) is 0 Å². The van der Waals surface area contributed by atoms with Gasteiger partial charge in [0, 0.05) is 19.0 Å². The molecule has 0 fully saturated rings. The first-order chi connectivity index (χ1) is 9.71. The van der Waals surface area contributed by atoms with E-state index in [0.717, 1.165) is 10.4 Å². The highest BCUT2D eigenvalue weighted by Gasteiger charge is 2.27. The predicted octanol–water partition coefficient (Wildman–Crippen LogP) is 2.35. The molecule has 0 aliphatic carbocycles. The number of hydrogen-bond donors (Lipinski definition) is 1. The summed E-state index contributed by atoms with van der Waals surface area (Å²) in [5.74, 6) is -1.30. The number of carboxylic acids is 1. The van der Waals surface area contributed by atoms with E-state index < -0.39 is 16.0 Å². The summed E-state index contributed by atoms with van der Waals surface area (Å²) in [6, 6.07) is 5.06. The quantitative estimate of drug-likeness (QED) is 0.863. The largest absolute Gasteiger partial charge is 0.478 e. The summed E-state index contributed by atoms with van der Waals surface area (Å²) in [5, 5.41) is 17.6. The van der Waals surface area contributed by atoms with E-state index in [4.69, 9.17) is 22.0 Å². The van der Waals surface area contributed by atoms with Crippen LogP contribution in [0.1, 0.15) is 30.6 Å². The maximum Gasteiger partial charge on any atom is 0.337 e. The van der Waals surface area contributed by atoms with Crippen LogP contribution in [0.3, 0.4) is 0 Å². The van der Waals surface area contributed by atoms with Gasteiger partial charge in [-0.3, -0.25) is 0 Å². The lowest BCUT2D eigenvalue weighted by molar-refractivity contribution is 0.0697. The number of rotatable bonds is 6. The second-order valence-electron chi connectivity index (χ2n) is 4.56. The maximum absolute atomic E-state index is 12.5. The van der Waals surface area contributed by atoms with Gasteiger partial charge in [0.2, 0.25) is 10.0 Å². The van der Waals surface area contributed by atoms with E-state index >= 15 is 0 Å². The highest BCUT2D eigenvalue weighted by Crippen LogP contribution is 2.24. The van der Waals surface area contributed by atoms with Gasteiger partial charge in [0.05, 0.1) is 21.6 Å². The third-order valence-electron chi connectivity index (χ3n) is 2.79. The molecular formula is C13H15ClN2O4S. The zero-order valence-electron chi connectivity index (χ0n) is 11.6. The fourth-order valence-electron chi connectivity index (χ4n) is 1.78. The first-order valence-corrected chi connectivity index (χ1v) is 7.95. The Balaban J connectivity index is 3.32. The van der Waals surface area contributed by atoms with Crippen molar-refractivity contribution in [2.24, 2.45) is 0 Å². The SMILES string of the molecule is CC(C)N(CCC#N)S(=O)(=O)c1ccc(Cl)c(C(=O)O)c1. The van der Waals surface area contributed by atoms with Crippen molar-refractivity contribution in [3.05, 3.63) is 28.8 Å². The molecule has 1 aromatic carbocycles. The van der Waals surface area contributed by atoms with Crippen molar-refractivity contribution in [1.82, 2.24) is 4.31 Å². The molecule has 0 radical (unpaired) electrons. The van der Waals surface area contributed by atoms with Crippen LogP contribution in [-0.4, -0.2) is 36.4 Å². The zero-order chi connectivity index (χ0) is 16.2. The normalized spacial score (nSPS) is 11.6. The Bertz CT molecular complexity index is 680. The van der Waals surface area contributed by atoms with E-state index in [1.807, 2.05) is 6.07 Å². The van der Waals surface area contributed by atoms with Gasteiger partial charge in [-0.05, 0) is 32.0 Å². The van der Waals surface area contributed by atoms with Crippen LogP contribution in [0.15, 0.2) is 23.1 Å². The van der Waals surface area contributed by atoms with Gasteiger partial charge in [-0.2, -0.15) is 9.57 Å². The van der Waals surface area contributed by atoms with Crippen LogP contribution in [0.25, 0.3) is 0 Å². The average Bonchev–Trinajstić information content (AvgIpc) is 2.38. The van der Waals surface area contributed by atoms with Crippen molar-refractivity contribution in [2.45, 2.75) is 31.2 Å². The molecule has 0 bridgehead atoms. The third kappa shape index (κ3) is 3.94. The minimum atomic E-state index is -3.89. The first kappa shape index (κ1) is 17.4. The molecule has 0 aliphatic rings. The minimum absolute atomic E-state index is 0.0328. The van der Waals surface area contributed by atoms with Crippen molar-refractivity contribution in [1.29, 1.82) is 5.26 Å². The van der Waals surface area contributed by atoms with Crippen molar-refractivity contribution in [3.8, 4) is 6.07 Å². The molecule has 0 atom stereocenters. The molecule has 0 amide bonds. The van der Waals surface area contributed by atoms with Crippen molar-refractivity contribution in [3.63, 3.8) is 0 Å². The third-order valence-corrected chi connectivity index (χ3v) is 5.20. The number of nitrogens with zero attached hydrogens (tertiary/aromatic N) is 2. The van der Waals surface area contributed by atoms with E-state index in [-0.39, 0.29) is 34.5 Å². The molecule has 0 aliphatic heterocycles. The molecule has 1 N–H and O–H groups in total. The lowest BCUT2D eigenvalue weighted by atomic mass is 10.2. The number of carboxylic acid groups (broad SMARTS) is 1. The second kappa shape index (κ2) is 6.89. The summed E-state index contributed by atoms with van der Waals surface area (Å²) in [4.78, 5) is 10.9. The average molecular weight is 331 g/mol. The van der Waals surface area contributed by atoms with Gasteiger partial charge in [0.15, 0.2) is 0 Å². The molecule has 21 heavy (non-hydrogen) atoms. The van der Waals surface area contributed by atoms with E-state index in [1.165, 1.54) is 12.1 Å². The maximum atomic E-state index is 12.5. The van der Waals surface area contributed by atoms with Crippen LogP contribution < -0.4 is 0 Å². The molecule has 0 unspecified atom stereocenters. The van der Waals surface area contributed by atoms with E-state index in [2.05, 4.69) is 0 Å². The first-order valence-electron chi connectivity index (χ1n) is 6.13. The molecular weight excluding hydrogens is 316 g/mol. The van der Waals surface area contributed by atoms with E-state index in [9.17, 15) is 13.2 Å². The summed E-state index contributed by atoms with van der Waals surface area (Å²) in [7, 11) is -3.89. The smallest absolute Gasteiger partial charge is 0.337 e. The Hall–Kier alpha value is -1.62. The Morgan fingerprint density at radius 2 is 2.10 bits per heavy atom. The summed E-state index contributed by atoms with van der Waals surface area (Å²) in [6.45, 7) is 3.41. The number of benzene rings is 1. The summed E-state index contributed by atoms with van der Waals surface area (Å²) in [5.41, 5.74) is -0.276. The standard InChI is InChI=1S/C13H15ClN2O4S/c1-9(2)16(7-3-6-15)21(19,20)10-4-5-12(14)11(8-10)13(17)18/h4-5,8-9H,3,7H2,1-2H3,(H,17,18). The van der Waals surface area contributed by atoms with Gasteiger partial charge < -0.3 is 5.11 Å². The lowest BCUT2D eigenvalue weighted by Crippen LogP contribution is -2.37. The van der Waals surface area contributed by atoms with Crippen LogP contribution in [0.4, 0.5) is 0 Å². The monoisotopic (exact) mass is 330 g/mol. The molecule has 0 heterocycles. The minimum Gasteiger partial charge on any atom is -0.478 e. The molecule has 0 saturated carbocycles. The van der Waals surface area contributed by atoms with Gasteiger partial charge in [0.25, 0.3) is 0 Å². The number of halogens is 1. The molecule has 0 spiro atoms. The summed E-state index contributed by atoms with van der Waals surface area (Å²) >= 11 is 5.73. The highest BCUT2D eigenvalue weighted by molar-refractivity contribution is 7.89. The highest BCUT2D eigenvalue weighted by atomic mass is 35.5. The number of sulfonamides is 1. The Morgan fingerprint density at radius 1 is 1.48 bits per heavy atom. The number of aromatic carboxylic acids is 1. The van der Waals surface area contributed by atoms with Gasteiger partial charge in [-0.25, -0.2) is 13.2 Å². The second-order valence-corrected chi connectivity index (χ2v) is 6.86. The van der Waals surface area contributed by atoms with Crippen molar-refractivity contribution in [2.75, 3.05) is 6.54 Å². The Morgan fingerprint density at radius 3 is 2.57 bits per heavy atom. The van der Waals surface area contributed by atoms with Gasteiger partial charge >= 0.3 is 5.97 Å². The predicted molar refractivity (Wildman–Crippen MR) is 77.7 cm³/mol. The molecule has 8 heteroatoms.